The van der Waals surface area contributed by atoms with Crippen LogP contribution in [0.15, 0.2) is 24.3 Å². The maximum Gasteiger partial charge on any atom is 0.309 e. The van der Waals surface area contributed by atoms with Crippen molar-refractivity contribution in [3.63, 3.8) is 0 Å². The van der Waals surface area contributed by atoms with E-state index in [1.54, 1.807) is 0 Å². The quantitative estimate of drug-likeness (QED) is 0.839. The van der Waals surface area contributed by atoms with Crippen LogP contribution in [0.2, 0.25) is 0 Å². The standard InChI is InChI=1S/C19H28N2O2/c1-13(2)16-10-8-15(9-11-16)12-20-18(22)19(23)21-17-7-5-4-6-14(17)3/h8-11,13-14,17H,4-7,12H2,1-3H3,(H,20,22)(H,21,23)/t14-,17+/m0/s1. The molecule has 0 aliphatic heterocycles. The van der Waals surface area contributed by atoms with Gasteiger partial charge in [0.1, 0.15) is 0 Å². The Labute approximate surface area is 139 Å². The van der Waals surface area contributed by atoms with E-state index < -0.39 is 11.8 Å². The van der Waals surface area contributed by atoms with Gasteiger partial charge in [-0.2, -0.15) is 0 Å². The van der Waals surface area contributed by atoms with Gasteiger partial charge in [-0.3, -0.25) is 9.59 Å². The molecule has 23 heavy (non-hydrogen) atoms. The van der Waals surface area contributed by atoms with E-state index in [4.69, 9.17) is 0 Å². The number of nitrogens with one attached hydrogen (secondary N) is 2. The van der Waals surface area contributed by atoms with Crippen molar-refractivity contribution in [1.29, 1.82) is 0 Å². The second kappa shape index (κ2) is 8.14. The Morgan fingerprint density at radius 2 is 1.74 bits per heavy atom. The summed E-state index contributed by atoms with van der Waals surface area (Å²) in [5.74, 6) is -0.121. The molecule has 1 fully saturated rings. The third-order valence-electron chi connectivity index (χ3n) is 4.73. The normalized spacial score (nSPS) is 21.0. The van der Waals surface area contributed by atoms with Crippen LogP contribution in [0.5, 0.6) is 0 Å². The third-order valence-corrected chi connectivity index (χ3v) is 4.73. The van der Waals surface area contributed by atoms with Gasteiger partial charge in [-0.05, 0) is 35.8 Å². The molecule has 2 rings (SSSR count). The minimum absolute atomic E-state index is 0.132. The summed E-state index contributed by atoms with van der Waals surface area (Å²) in [6.45, 7) is 6.81. The average molecular weight is 316 g/mol. The summed E-state index contributed by atoms with van der Waals surface area (Å²) in [7, 11) is 0. The molecule has 0 spiro atoms. The average Bonchev–Trinajstić information content (AvgIpc) is 2.55. The van der Waals surface area contributed by atoms with Crippen molar-refractivity contribution in [2.45, 2.75) is 65.0 Å². The van der Waals surface area contributed by atoms with Gasteiger partial charge in [0.05, 0.1) is 0 Å². The highest BCUT2D eigenvalue weighted by Gasteiger charge is 2.25. The molecular formula is C19H28N2O2. The SMILES string of the molecule is CC(C)c1ccc(CNC(=O)C(=O)N[C@@H]2CCCC[C@@H]2C)cc1. The van der Waals surface area contributed by atoms with Crippen LogP contribution in [0.3, 0.4) is 0 Å². The van der Waals surface area contributed by atoms with Crippen molar-refractivity contribution < 1.29 is 9.59 Å². The van der Waals surface area contributed by atoms with Crippen LogP contribution in [0, 0.1) is 5.92 Å². The van der Waals surface area contributed by atoms with Crippen molar-refractivity contribution in [2.24, 2.45) is 5.92 Å². The maximum atomic E-state index is 12.0. The number of benzene rings is 1. The van der Waals surface area contributed by atoms with Crippen molar-refractivity contribution in [3.8, 4) is 0 Å². The minimum Gasteiger partial charge on any atom is -0.345 e. The summed E-state index contributed by atoms with van der Waals surface area (Å²) in [6, 6.07) is 8.26. The smallest absolute Gasteiger partial charge is 0.309 e. The highest BCUT2D eigenvalue weighted by molar-refractivity contribution is 6.35. The highest BCUT2D eigenvalue weighted by atomic mass is 16.2. The van der Waals surface area contributed by atoms with Crippen molar-refractivity contribution >= 4 is 11.8 Å². The number of carbonyl (C=O) groups is 2. The summed E-state index contributed by atoms with van der Waals surface area (Å²) >= 11 is 0. The van der Waals surface area contributed by atoms with Gasteiger partial charge in [-0.15, -0.1) is 0 Å². The largest absolute Gasteiger partial charge is 0.345 e. The Bertz CT molecular complexity index is 537. The fourth-order valence-electron chi connectivity index (χ4n) is 3.05. The van der Waals surface area contributed by atoms with Crippen molar-refractivity contribution in [2.75, 3.05) is 0 Å². The first-order chi connectivity index (χ1) is 11.0. The van der Waals surface area contributed by atoms with Crippen LogP contribution < -0.4 is 10.6 Å². The van der Waals surface area contributed by atoms with Gasteiger partial charge in [-0.25, -0.2) is 0 Å². The number of rotatable bonds is 4. The van der Waals surface area contributed by atoms with E-state index in [1.807, 2.05) is 12.1 Å². The molecular weight excluding hydrogens is 288 g/mol. The molecule has 1 aliphatic carbocycles. The van der Waals surface area contributed by atoms with Gasteiger partial charge in [0, 0.05) is 12.6 Å². The van der Waals surface area contributed by atoms with E-state index in [9.17, 15) is 9.59 Å². The Hall–Kier alpha value is -1.84. The second-order valence-electron chi connectivity index (χ2n) is 6.92. The number of hydrogen-bond donors (Lipinski definition) is 2. The van der Waals surface area contributed by atoms with E-state index in [0.717, 1.165) is 24.8 Å². The van der Waals surface area contributed by atoms with Gasteiger partial charge in [-0.1, -0.05) is 57.9 Å². The minimum atomic E-state index is -0.546. The summed E-state index contributed by atoms with van der Waals surface area (Å²) in [5.41, 5.74) is 2.27. The predicted octanol–water partition coefficient (Wildman–Crippen LogP) is 3.12. The predicted molar refractivity (Wildman–Crippen MR) is 91.9 cm³/mol. The Morgan fingerprint density at radius 1 is 1.09 bits per heavy atom. The Morgan fingerprint density at radius 3 is 2.35 bits per heavy atom. The number of amides is 2. The number of hydrogen-bond acceptors (Lipinski definition) is 2. The zero-order chi connectivity index (χ0) is 16.8. The molecule has 0 bridgehead atoms. The first-order valence-corrected chi connectivity index (χ1v) is 8.65. The zero-order valence-corrected chi connectivity index (χ0v) is 14.4. The summed E-state index contributed by atoms with van der Waals surface area (Å²) in [6.07, 6.45) is 4.43. The molecule has 126 valence electrons. The molecule has 2 amide bonds. The van der Waals surface area contributed by atoms with E-state index >= 15 is 0 Å². The molecule has 1 saturated carbocycles. The molecule has 0 aromatic heterocycles. The molecule has 1 aromatic carbocycles. The van der Waals surface area contributed by atoms with Gasteiger partial charge >= 0.3 is 11.8 Å². The van der Waals surface area contributed by atoms with Gasteiger partial charge in [0.2, 0.25) is 0 Å². The van der Waals surface area contributed by atoms with Crippen LogP contribution >= 0.6 is 0 Å². The van der Waals surface area contributed by atoms with E-state index in [0.29, 0.717) is 18.4 Å². The summed E-state index contributed by atoms with van der Waals surface area (Å²) < 4.78 is 0. The Kier molecular flexibility index (Phi) is 6.20. The molecule has 1 aromatic rings. The van der Waals surface area contributed by atoms with Gasteiger partial charge in [0.25, 0.3) is 0 Å². The topological polar surface area (TPSA) is 58.2 Å². The molecule has 0 radical (unpaired) electrons. The third kappa shape index (κ3) is 5.08. The second-order valence-corrected chi connectivity index (χ2v) is 6.92. The van der Waals surface area contributed by atoms with Crippen molar-refractivity contribution in [1.82, 2.24) is 10.6 Å². The molecule has 0 unspecified atom stereocenters. The summed E-state index contributed by atoms with van der Waals surface area (Å²) in [4.78, 5) is 23.9. The molecule has 4 nitrogen and oxygen atoms in total. The number of carbonyl (C=O) groups excluding carboxylic acids is 2. The lowest BCUT2D eigenvalue weighted by Gasteiger charge is -2.29. The van der Waals surface area contributed by atoms with Crippen LogP contribution in [0.4, 0.5) is 0 Å². The molecule has 2 N–H and O–H groups in total. The fraction of sp³-hybridized carbons (Fsp3) is 0.579. The van der Waals surface area contributed by atoms with E-state index in [-0.39, 0.29) is 6.04 Å². The van der Waals surface area contributed by atoms with E-state index in [2.05, 4.69) is 43.5 Å². The molecule has 2 atom stereocenters. The first-order valence-electron chi connectivity index (χ1n) is 8.65. The van der Waals surface area contributed by atoms with Crippen molar-refractivity contribution in [3.05, 3.63) is 35.4 Å². The molecule has 0 saturated heterocycles. The summed E-state index contributed by atoms with van der Waals surface area (Å²) in [5, 5.41) is 5.58. The monoisotopic (exact) mass is 316 g/mol. The highest BCUT2D eigenvalue weighted by Crippen LogP contribution is 2.23. The lowest BCUT2D eigenvalue weighted by Crippen LogP contribution is -2.47. The van der Waals surface area contributed by atoms with Crippen LogP contribution in [-0.4, -0.2) is 17.9 Å². The van der Waals surface area contributed by atoms with Gasteiger partial charge < -0.3 is 10.6 Å². The lowest BCUT2D eigenvalue weighted by molar-refractivity contribution is -0.140. The zero-order valence-electron chi connectivity index (χ0n) is 14.4. The fourth-order valence-corrected chi connectivity index (χ4v) is 3.05. The van der Waals surface area contributed by atoms with Gasteiger partial charge in [0.15, 0.2) is 0 Å². The van der Waals surface area contributed by atoms with Crippen LogP contribution in [-0.2, 0) is 16.1 Å². The van der Waals surface area contributed by atoms with Crippen LogP contribution in [0.1, 0.15) is 63.5 Å². The lowest BCUT2D eigenvalue weighted by atomic mass is 9.86. The van der Waals surface area contributed by atoms with E-state index in [1.165, 1.54) is 12.0 Å². The first kappa shape index (κ1) is 17.5. The molecule has 1 aliphatic rings. The Balaban J connectivity index is 1.80. The maximum absolute atomic E-state index is 12.0. The van der Waals surface area contributed by atoms with Crippen LogP contribution in [0.25, 0.3) is 0 Å². The molecule has 0 heterocycles. The molecule has 4 heteroatoms.